The number of hydrogen-bond donors (Lipinski definition) is 1. The molecule has 0 aliphatic heterocycles. The molecule has 1 aliphatic carbocycles. The molecule has 0 saturated heterocycles. The number of alkyl halides is 5. The van der Waals surface area contributed by atoms with Gasteiger partial charge in [-0.3, -0.25) is 4.79 Å². The lowest BCUT2D eigenvalue weighted by molar-refractivity contribution is -0.136. The molecule has 1 fully saturated rings. The van der Waals surface area contributed by atoms with E-state index in [0.717, 1.165) is 23.6 Å². The van der Waals surface area contributed by atoms with Crippen molar-refractivity contribution in [2.75, 3.05) is 5.32 Å². The Morgan fingerprint density at radius 2 is 1.97 bits per heavy atom. The highest BCUT2D eigenvalue weighted by molar-refractivity contribution is 5.93. The van der Waals surface area contributed by atoms with E-state index in [1.807, 2.05) is 0 Å². The second-order valence-corrected chi connectivity index (χ2v) is 7.73. The second kappa shape index (κ2) is 8.03. The number of halogens is 5. The van der Waals surface area contributed by atoms with E-state index in [1.165, 1.54) is 19.1 Å². The van der Waals surface area contributed by atoms with E-state index >= 15 is 0 Å². The molecule has 0 spiro atoms. The van der Waals surface area contributed by atoms with Crippen molar-refractivity contribution >= 4 is 22.6 Å². The SMILES string of the molecule is Cc1ccc(OC(F)F)c(NC(=O)Cn2nc(C)c3c(C(F)(F)F)cc(C4CC4)nc32)c1. The largest absolute Gasteiger partial charge is 0.433 e. The number of benzene rings is 1. The van der Waals surface area contributed by atoms with Gasteiger partial charge in [0.05, 0.1) is 22.3 Å². The molecule has 0 radical (unpaired) electrons. The third-order valence-corrected chi connectivity index (χ3v) is 5.12. The summed E-state index contributed by atoms with van der Waals surface area (Å²) in [6.45, 7) is -0.421. The first-order chi connectivity index (χ1) is 15.0. The van der Waals surface area contributed by atoms with Gasteiger partial charge in [0.2, 0.25) is 5.91 Å². The Bertz CT molecular complexity index is 1190. The third-order valence-electron chi connectivity index (χ3n) is 5.12. The van der Waals surface area contributed by atoms with Gasteiger partial charge in [-0.2, -0.15) is 27.1 Å². The smallest absolute Gasteiger partial charge is 0.417 e. The number of aromatic nitrogens is 3. The fourth-order valence-corrected chi connectivity index (χ4v) is 3.56. The normalized spacial score (nSPS) is 14.2. The number of nitrogens with one attached hydrogen (secondary N) is 1. The first-order valence-electron chi connectivity index (χ1n) is 9.83. The van der Waals surface area contributed by atoms with Gasteiger partial charge >= 0.3 is 12.8 Å². The Morgan fingerprint density at radius 3 is 2.59 bits per heavy atom. The van der Waals surface area contributed by atoms with Crippen molar-refractivity contribution in [2.45, 2.75) is 51.9 Å². The number of fused-ring (bicyclic) bond motifs is 1. The molecule has 1 amide bonds. The molecule has 2 aromatic heterocycles. The van der Waals surface area contributed by atoms with Crippen LogP contribution in [0.1, 0.15) is 41.3 Å². The van der Waals surface area contributed by atoms with E-state index in [2.05, 4.69) is 20.1 Å². The maximum Gasteiger partial charge on any atom is 0.417 e. The quantitative estimate of drug-likeness (QED) is 0.521. The Balaban J connectivity index is 1.67. The molecule has 0 bridgehead atoms. The van der Waals surface area contributed by atoms with Gasteiger partial charge in [-0.1, -0.05) is 6.07 Å². The van der Waals surface area contributed by atoms with Gasteiger partial charge in [-0.25, -0.2) is 9.67 Å². The zero-order valence-electron chi connectivity index (χ0n) is 17.1. The number of hydrogen-bond acceptors (Lipinski definition) is 4. The van der Waals surface area contributed by atoms with Crippen LogP contribution in [-0.2, 0) is 17.5 Å². The summed E-state index contributed by atoms with van der Waals surface area (Å²) in [6, 6.07) is 5.34. The Hall–Kier alpha value is -3.24. The van der Waals surface area contributed by atoms with Crippen LogP contribution in [0.15, 0.2) is 24.3 Å². The lowest BCUT2D eigenvalue weighted by atomic mass is 10.1. The number of amides is 1. The molecular weight excluding hydrogens is 435 g/mol. The summed E-state index contributed by atoms with van der Waals surface area (Å²) in [7, 11) is 0. The molecule has 1 aliphatic rings. The number of rotatable bonds is 6. The molecule has 1 saturated carbocycles. The fraction of sp³-hybridized carbons (Fsp3) is 0.381. The van der Waals surface area contributed by atoms with Crippen LogP contribution in [0.4, 0.5) is 27.6 Å². The predicted molar refractivity (Wildman–Crippen MR) is 106 cm³/mol. The Morgan fingerprint density at radius 1 is 1.25 bits per heavy atom. The number of anilines is 1. The molecule has 3 aromatic rings. The molecule has 4 rings (SSSR count). The van der Waals surface area contributed by atoms with E-state index < -0.39 is 30.8 Å². The van der Waals surface area contributed by atoms with Crippen LogP contribution in [0.2, 0.25) is 0 Å². The average molecular weight is 454 g/mol. The molecule has 1 N–H and O–H groups in total. The topological polar surface area (TPSA) is 69.0 Å². The summed E-state index contributed by atoms with van der Waals surface area (Å²) < 4.78 is 71.9. The molecule has 11 heteroatoms. The van der Waals surface area contributed by atoms with E-state index in [1.54, 1.807) is 13.0 Å². The lowest BCUT2D eigenvalue weighted by Gasteiger charge is -2.13. The Labute approximate surface area is 179 Å². The van der Waals surface area contributed by atoms with Crippen LogP contribution < -0.4 is 10.1 Å². The molecular formula is C21H19F5N4O2. The van der Waals surface area contributed by atoms with Crippen LogP contribution in [-0.4, -0.2) is 27.3 Å². The highest BCUT2D eigenvalue weighted by atomic mass is 19.4. The molecule has 32 heavy (non-hydrogen) atoms. The van der Waals surface area contributed by atoms with Crippen LogP contribution in [0.3, 0.4) is 0 Å². The lowest BCUT2D eigenvalue weighted by Crippen LogP contribution is -2.21. The van der Waals surface area contributed by atoms with E-state index in [-0.39, 0.29) is 34.1 Å². The van der Waals surface area contributed by atoms with Crippen LogP contribution in [0, 0.1) is 13.8 Å². The third kappa shape index (κ3) is 4.51. The van der Waals surface area contributed by atoms with Gasteiger partial charge in [-0.05, 0) is 50.5 Å². The molecule has 2 heterocycles. The van der Waals surface area contributed by atoms with Crippen molar-refractivity contribution in [3.8, 4) is 5.75 Å². The van der Waals surface area contributed by atoms with Gasteiger partial charge in [0.25, 0.3) is 0 Å². The van der Waals surface area contributed by atoms with Crippen molar-refractivity contribution in [2.24, 2.45) is 0 Å². The maximum atomic E-state index is 13.7. The summed E-state index contributed by atoms with van der Waals surface area (Å²) in [5, 5.41) is 6.40. The highest BCUT2D eigenvalue weighted by Gasteiger charge is 2.37. The predicted octanol–water partition coefficient (Wildman–Crippen LogP) is 5.18. The van der Waals surface area contributed by atoms with Gasteiger partial charge in [-0.15, -0.1) is 0 Å². The minimum atomic E-state index is -4.60. The maximum absolute atomic E-state index is 13.7. The fourth-order valence-electron chi connectivity index (χ4n) is 3.56. The van der Waals surface area contributed by atoms with Gasteiger partial charge < -0.3 is 10.1 Å². The van der Waals surface area contributed by atoms with Crippen molar-refractivity contribution in [1.82, 2.24) is 14.8 Å². The number of pyridine rings is 1. The molecule has 6 nitrogen and oxygen atoms in total. The Kier molecular flexibility index (Phi) is 5.51. The molecule has 170 valence electrons. The summed E-state index contributed by atoms with van der Waals surface area (Å²) >= 11 is 0. The van der Waals surface area contributed by atoms with Gasteiger partial charge in [0, 0.05) is 11.6 Å². The zero-order chi connectivity index (χ0) is 23.2. The standard InChI is InChI=1S/C21H19F5N4O2/c1-10-3-6-16(32-20(22)23)15(7-10)27-17(31)9-30-19-18(11(2)29-30)13(21(24,25)26)8-14(28-19)12-4-5-12/h3,6-8,12,20H,4-5,9H2,1-2H3,(H,27,31). The summed E-state index contributed by atoms with van der Waals surface area (Å²) in [5.74, 6) is -0.945. The summed E-state index contributed by atoms with van der Waals surface area (Å²) in [4.78, 5) is 17.0. The number of carbonyl (C=O) groups excluding carboxylic acids is 1. The molecule has 0 atom stereocenters. The first-order valence-corrected chi connectivity index (χ1v) is 9.83. The average Bonchev–Trinajstić information content (AvgIpc) is 3.48. The van der Waals surface area contributed by atoms with Crippen molar-refractivity contribution in [1.29, 1.82) is 0 Å². The monoisotopic (exact) mass is 454 g/mol. The molecule has 1 aromatic carbocycles. The second-order valence-electron chi connectivity index (χ2n) is 7.73. The zero-order valence-corrected chi connectivity index (χ0v) is 17.1. The summed E-state index contributed by atoms with van der Waals surface area (Å²) in [5.41, 5.74) is 0.242. The summed E-state index contributed by atoms with van der Waals surface area (Å²) in [6.07, 6.45) is -3.10. The minimum Gasteiger partial charge on any atom is -0.433 e. The molecule has 0 unspecified atom stereocenters. The van der Waals surface area contributed by atoms with E-state index in [0.29, 0.717) is 11.3 Å². The van der Waals surface area contributed by atoms with Crippen molar-refractivity contribution in [3.05, 3.63) is 46.8 Å². The van der Waals surface area contributed by atoms with Crippen molar-refractivity contribution < 1.29 is 31.5 Å². The van der Waals surface area contributed by atoms with Crippen LogP contribution >= 0.6 is 0 Å². The van der Waals surface area contributed by atoms with Crippen LogP contribution in [0.5, 0.6) is 5.75 Å². The number of ether oxygens (including phenoxy) is 1. The van der Waals surface area contributed by atoms with E-state index in [9.17, 15) is 26.7 Å². The van der Waals surface area contributed by atoms with Gasteiger partial charge in [0.1, 0.15) is 12.3 Å². The van der Waals surface area contributed by atoms with Crippen LogP contribution in [0.25, 0.3) is 11.0 Å². The van der Waals surface area contributed by atoms with E-state index in [4.69, 9.17) is 0 Å². The minimum absolute atomic E-state index is 0.0195. The number of nitrogens with zero attached hydrogens (tertiary/aromatic N) is 3. The number of carbonyl (C=O) groups is 1. The highest BCUT2D eigenvalue weighted by Crippen LogP contribution is 2.43. The van der Waals surface area contributed by atoms with Gasteiger partial charge in [0.15, 0.2) is 5.65 Å². The number of aryl methyl sites for hydroxylation is 2. The first kappa shape index (κ1) is 22.0. The van der Waals surface area contributed by atoms with Crippen molar-refractivity contribution in [3.63, 3.8) is 0 Å².